The van der Waals surface area contributed by atoms with Gasteiger partial charge in [-0.1, -0.05) is 36.4 Å². The Hall–Kier alpha value is -16.0. The largest absolute Gasteiger partial charge is 0.417 e. The molecule has 102 heavy (non-hydrogen) atoms. The highest BCUT2D eigenvalue weighted by atomic mass is 19.4. The Morgan fingerprint density at radius 3 is 0.873 bits per heavy atom. The molecular formula is C81H29F6N15. The summed E-state index contributed by atoms with van der Waals surface area (Å²) in [5.41, 5.74) is -0.523. The average Bonchev–Trinajstić information content (AvgIpc) is 1.54. The number of hydrogen-bond acceptors (Lipinski definition) is 13. The van der Waals surface area contributed by atoms with Gasteiger partial charge in [-0.2, -0.15) is 94.7 Å². The third-order valence-electron chi connectivity index (χ3n) is 17.6. The van der Waals surface area contributed by atoms with Gasteiger partial charge in [0, 0.05) is 60.6 Å². The van der Waals surface area contributed by atoms with E-state index in [1.807, 2.05) is 24.3 Å². The van der Waals surface area contributed by atoms with Crippen molar-refractivity contribution in [1.82, 2.24) is 9.13 Å². The first-order valence-electron chi connectivity index (χ1n) is 29.9. The van der Waals surface area contributed by atoms with Gasteiger partial charge in [-0.05, 0) is 173 Å². The van der Waals surface area contributed by atoms with Crippen molar-refractivity contribution in [3.8, 4) is 157 Å². The molecule has 15 nitrogen and oxygen atoms in total. The Morgan fingerprint density at radius 1 is 0.245 bits per heavy atom. The molecule has 13 aromatic rings. The van der Waals surface area contributed by atoms with Crippen LogP contribution in [0.25, 0.3) is 122 Å². The zero-order valence-corrected chi connectivity index (χ0v) is 51.7. The second-order valence-corrected chi connectivity index (χ2v) is 23.1. The van der Waals surface area contributed by atoms with E-state index in [9.17, 15) is 81.6 Å². The summed E-state index contributed by atoms with van der Waals surface area (Å²) in [5.74, 6) is 0. The average molecular weight is 1330 g/mol. The molecule has 0 radical (unpaired) electrons. The van der Waals surface area contributed by atoms with Crippen LogP contribution >= 0.6 is 0 Å². The summed E-state index contributed by atoms with van der Waals surface area (Å²) >= 11 is 0. The third kappa shape index (κ3) is 10.7. The minimum Gasteiger partial charge on any atom is -0.309 e. The minimum atomic E-state index is -5.37. The van der Waals surface area contributed by atoms with E-state index in [-0.39, 0.29) is 129 Å². The zero-order chi connectivity index (χ0) is 72.2. The van der Waals surface area contributed by atoms with Crippen LogP contribution < -0.4 is 0 Å². The summed E-state index contributed by atoms with van der Waals surface area (Å²) in [5, 5.41) is 136. The molecule has 2 heterocycles. The molecule has 0 spiro atoms. The van der Waals surface area contributed by atoms with Gasteiger partial charge in [-0.15, -0.1) is 0 Å². The summed E-state index contributed by atoms with van der Waals surface area (Å²) in [6.07, 6.45) is -10.6. The topological polar surface area (TPSA) is 319 Å². The van der Waals surface area contributed by atoms with Crippen molar-refractivity contribution in [2.24, 2.45) is 0 Å². The molecule has 0 unspecified atom stereocenters. The summed E-state index contributed by atoms with van der Waals surface area (Å²) in [6.45, 7) is 0. The maximum absolute atomic E-state index is 15.4. The molecule has 470 valence electrons. The Bertz CT molecular complexity index is 6170. The van der Waals surface area contributed by atoms with Crippen molar-refractivity contribution < 1.29 is 26.3 Å². The fourth-order valence-corrected chi connectivity index (χ4v) is 13.3. The van der Waals surface area contributed by atoms with Gasteiger partial charge in [0.15, 0.2) is 0 Å². The van der Waals surface area contributed by atoms with Crippen LogP contribution in [-0.2, 0) is 12.4 Å². The van der Waals surface area contributed by atoms with E-state index in [1.165, 1.54) is 72.8 Å². The molecule has 0 aliphatic rings. The number of halogens is 6. The van der Waals surface area contributed by atoms with E-state index in [4.69, 9.17) is 0 Å². The molecule has 0 N–H and O–H groups in total. The minimum absolute atomic E-state index is 0.00525. The number of aromatic nitrogens is 2. The van der Waals surface area contributed by atoms with Crippen LogP contribution in [0.15, 0.2) is 176 Å². The van der Waals surface area contributed by atoms with Crippen LogP contribution in [0.2, 0.25) is 0 Å². The second-order valence-electron chi connectivity index (χ2n) is 23.1. The van der Waals surface area contributed by atoms with Crippen LogP contribution in [0, 0.1) is 147 Å². The molecule has 0 amide bonds. The van der Waals surface area contributed by atoms with Crippen LogP contribution in [0.1, 0.15) is 83.5 Å². The van der Waals surface area contributed by atoms with Crippen LogP contribution in [-0.4, -0.2) is 9.13 Å². The maximum atomic E-state index is 15.4. The highest BCUT2D eigenvalue weighted by molar-refractivity contribution is 6.14. The second kappa shape index (κ2) is 24.9. The fourth-order valence-electron chi connectivity index (χ4n) is 13.3. The first kappa shape index (κ1) is 64.7. The quantitative estimate of drug-likeness (QED) is 0.128. The fraction of sp³-hybridized carbons (Fsp3) is 0.0247. The van der Waals surface area contributed by atoms with Gasteiger partial charge >= 0.3 is 12.4 Å². The first-order chi connectivity index (χ1) is 49.2. The van der Waals surface area contributed by atoms with E-state index in [1.54, 1.807) is 94.1 Å². The zero-order valence-electron chi connectivity index (χ0n) is 51.7. The molecule has 2 aromatic heterocycles. The number of benzene rings is 11. The number of fused-ring (bicyclic) bond motifs is 6. The molecule has 0 aliphatic heterocycles. The Labute approximate surface area is 573 Å². The standard InChI is InChI=1S/C81H29F6N15/c82-80(83,84)61-7-9-63(70(28-61)81(85,86)87)47-2-10-73(102-74-13-5-50(78-57(39-97)19-45(32-90)20-58(78)40-98)26-68(74)69-27-51(6-14-75(69)102)79-59(41-99)21-46(33-91)22-60(79)42-100)65(23-47)64-29-62(8-1-52(64)34-92)101-71-11-3-48(76-53(35-93)15-43(30-88)16-54(76)36-94)24-66(71)67-25-49(4-12-72(67)101)77-55(37-95)17-44(31-89)18-56(77)38-96/h1-29H. The molecule has 0 fully saturated rings. The predicted octanol–water partition coefficient (Wildman–Crippen LogP) is 18.3. The molecule has 0 bridgehead atoms. The Kier molecular flexibility index (Phi) is 15.8. The molecule has 0 saturated heterocycles. The van der Waals surface area contributed by atoms with Gasteiger partial charge in [0.2, 0.25) is 0 Å². The number of hydrogen-bond donors (Lipinski definition) is 0. The Balaban J connectivity index is 1.15. The summed E-state index contributed by atoms with van der Waals surface area (Å²) in [7, 11) is 0. The highest BCUT2D eigenvalue weighted by Crippen LogP contribution is 2.48. The lowest BCUT2D eigenvalue weighted by Gasteiger charge is -2.20. The van der Waals surface area contributed by atoms with Crippen molar-refractivity contribution in [1.29, 1.82) is 68.4 Å². The Morgan fingerprint density at radius 2 is 0.569 bits per heavy atom. The lowest BCUT2D eigenvalue weighted by atomic mass is 9.91. The van der Waals surface area contributed by atoms with E-state index in [0.29, 0.717) is 78.0 Å². The van der Waals surface area contributed by atoms with Crippen LogP contribution in [0.5, 0.6) is 0 Å². The van der Waals surface area contributed by atoms with Crippen molar-refractivity contribution in [2.45, 2.75) is 12.4 Å². The number of alkyl halides is 6. The van der Waals surface area contributed by atoms with Crippen molar-refractivity contribution in [3.63, 3.8) is 0 Å². The predicted molar refractivity (Wildman–Crippen MR) is 359 cm³/mol. The van der Waals surface area contributed by atoms with E-state index < -0.39 is 29.0 Å². The monoisotopic (exact) mass is 1330 g/mol. The number of nitriles is 13. The molecule has 0 saturated carbocycles. The van der Waals surface area contributed by atoms with Crippen molar-refractivity contribution >= 4 is 43.6 Å². The van der Waals surface area contributed by atoms with Gasteiger partial charge in [0.1, 0.15) is 0 Å². The lowest BCUT2D eigenvalue weighted by Crippen LogP contribution is -2.12. The molecule has 0 atom stereocenters. The number of rotatable bonds is 8. The number of nitrogens with zero attached hydrogens (tertiary/aromatic N) is 15. The summed E-state index contributed by atoms with van der Waals surface area (Å²) < 4.78 is 92.7. The van der Waals surface area contributed by atoms with Gasteiger partial charge < -0.3 is 9.13 Å². The highest BCUT2D eigenvalue weighted by Gasteiger charge is 2.39. The summed E-state index contributed by atoms with van der Waals surface area (Å²) in [6, 6.07) is 66.8. The van der Waals surface area contributed by atoms with Crippen LogP contribution in [0.3, 0.4) is 0 Å². The molecule has 21 heteroatoms. The third-order valence-corrected chi connectivity index (χ3v) is 17.6. The smallest absolute Gasteiger partial charge is 0.309 e. The SMILES string of the molecule is N#Cc1cc(C#N)c(-c2ccc3c(c2)c2cc(-c4c(C#N)cc(C#N)cc4C#N)ccc2n3-c2ccc(C#N)c(-c3cc(-c4ccc(C(F)(F)F)cc4C(F)(F)F)ccc3-n3c4ccc(-c5c(C#N)cc(C#N)cc5C#N)cc4c4cc(-c5c(C#N)cc(C#N)cc5C#N)ccc43)c2)c(C#N)c1. The molecule has 13 rings (SSSR count). The lowest BCUT2D eigenvalue weighted by molar-refractivity contribution is -0.142. The first-order valence-corrected chi connectivity index (χ1v) is 29.9. The van der Waals surface area contributed by atoms with Crippen molar-refractivity contribution in [3.05, 3.63) is 259 Å². The van der Waals surface area contributed by atoms with E-state index in [2.05, 4.69) is 54.6 Å². The van der Waals surface area contributed by atoms with Crippen molar-refractivity contribution in [2.75, 3.05) is 0 Å². The molecular weight excluding hydrogens is 1300 g/mol. The molecule has 11 aromatic carbocycles. The van der Waals surface area contributed by atoms with E-state index >= 15 is 13.2 Å². The normalized spacial score (nSPS) is 10.9. The van der Waals surface area contributed by atoms with E-state index in [0.717, 1.165) is 0 Å². The van der Waals surface area contributed by atoms with Crippen LogP contribution in [0.4, 0.5) is 26.3 Å². The van der Waals surface area contributed by atoms with Gasteiger partial charge in [0.25, 0.3) is 0 Å². The van der Waals surface area contributed by atoms with Gasteiger partial charge in [-0.25, -0.2) is 0 Å². The maximum Gasteiger partial charge on any atom is 0.417 e. The van der Waals surface area contributed by atoms with Gasteiger partial charge in [-0.3, -0.25) is 0 Å². The molecule has 0 aliphatic carbocycles. The summed E-state index contributed by atoms with van der Waals surface area (Å²) in [4.78, 5) is 0. The van der Waals surface area contributed by atoms with Gasteiger partial charge in [0.05, 0.1) is 190 Å².